The van der Waals surface area contributed by atoms with E-state index in [-0.39, 0.29) is 0 Å². The largest absolute Gasteiger partial charge is 0.367 e. The number of hydrogen-bond acceptors (Lipinski definition) is 4. The second kappa shape index (κ2) is 3.25. The van der Waals surface area contributed by atoms with Crippen LogP contribution in [0, 0.1) is 0 Å². The lowest BCUT2D eigenvalue weighted by atomic mass is 10.3. The minimum Gasteiger partial charge on any atom is -0.367 e. The van der Waals surface area contributed by atoms with E-state index in [0.29, 0.717) is 6.04 Å². The molecule has 1 N–H and O–H groups in total. The van der Waals surface area contributed by atoms with Crippen LogP contribution in [-0.4, -0.2) is 25.8 Å². The van der Waals surface area contributed by atoms with Crippen molar-refractivity contribution in [2.45, 2.75) is 19.9 Å². The monoisotopic (exact) mass is 191 g/mol. The Bertz CT molecular complexity index is 445. The molecule has 0 amide bonds. The van der Waals surface area contributed by atoms with Gasteiger partial charge in [-0.2, -0.15) is 5.10 Å². The molecule has 0 spiro atoms. The summed E-state index contributed by atoms with van der Waals surface area (Å²) in [4.78, 5) is 8.27. The number of nitrogens with zero attached hydrogens (tertiary/aromatic N) is 4. The molecule has 5 heteroatoms. The zero-order chi connectivity index (χ0) is 10.1. The normalized spacial score (nSPS) is 11.1. The molecule has 5 nitrogen and oxygen atoms in total. The zero-order valence-electron chi connectivity index (χ0n) is 8.52. The SMILES string of the molecule is CC(C)Nc1ncnc2nn(C)cc12. The minimum absolute atomic E-state index is 0.355. The molecule has 74 valence electrons. The summed E-state index contributed by atoms with van der Waals surface area (Å²) >= 11 is 0. The molecule has 0 aliphatic heterocycles. The number of anilines is 1. The lowest BCUT2D eigenvalue weighted by Gasteiger charge is -2.08. The Morgan fingerprint density at radius 3 is 2.86 bits per heavy atom. The maximum absolute atomic E-state index is 4.21. The Morgan fingerprint density at radius 2 is 2.14 bits per heavy atom. The van der Waals surface area contributed by atoms with Crippen molar-refractivity contribution in [2.75, 3.05) is 5.32 Å². The first-order valence-electron chi connectivity index (χ1n) is 4.57. The smallest absolute Gasteiger partial charge is 0.186 e. The van der Waals surface area contributed by atoms with Crippen LogP contribution in [-0.2, 0) is 7.05 Å². The fraction of sp³-hybridized carbons (Fsp3) is 0.444. The Morgan fingerprint density at radius 1 is 1.36 bits per heavy atom. The van der Waals surface area contributed by atoms with Crippen molar-refractivity contribution in [3.05, 3.63) is 12.5 Å². The maximum Gasteiger partial charge on any atom is 0.186 e. The van der Waals surface area contributed by atoms with Gasteiger partial charge in [-0.25, -0.2) is 9.97 Å². The summed E-state index contributed by atoms with van der Waals surface area (Å²) < 4.78 is 1.74. The number of rotatable bonds is 2. The van der Waals surface area contributed by atoms with Crippen molar-refractivity contribution < 1.29 is 0 Å². The van der Waals surface area contributed by atoms with Crippen molar-refractivity contribution in [1.29, 1.82) is 0 Å². The standard InChI is InChI=1S/C9H13N5/c1-6(2)12-8-7-4-14(3)13-9(7)11-5-10-8/h4-6H,1-3H3,(H,10,11,12,13). The third kappa shape index (κ3) is 1.53. The van der Waals surface area contributed by atoms with Gasteiger partial charge >= 0.3 is 0 Å². The highest BCUT2D eigenvalue weighted by Crippen LogP contribution is 2.17. The van der Waals surface area contributed by atoms with Crippen molar-refractivity contribution in [1.82, 2.24) is 19.7 Å². The van der Waals surface area contributed by atoms with Gasteiger partial charge in [0.25, 0.3) is 0 Å². The first-order valence-corrected chi connectivity index (χ1v) is 4.57. The van der Waals surface area contributed by atoms with Crippen molar-refractivity contribution in [3.63, 3.8) is 0 Å². The van der Waals surface area contributed by atoms with E-state index in [1.807, 2.05) is 13.2 Å². The average Bonchev–Trinajstić information content (AvgIpc) is 2.45. The number of fused-ring (bicyclic) bond motifs is 1. The summed E-state index contributed by atoms with van der Waals surface area (Å²) in [5.74, 6) is 0.845. The summed E-state index contributed by atoms with van der Waals surface area (Å²) in [5.41, 5.74) is 0.727. The Labute approximate surface area is 82.2 Å². The van der Waals surface area contributed by atoms with Crippen LogP contribution in [0.1, 0.15) is 13.8 Å². The maximum atomic E-state index is 4.21. The van der Waals surface area contributed by atoms with Gasteiger partial charge in [-0.05, 0) is 13.8 Å². The Balaban J connectivity index is 2.53. The molecule has 2 heterocycles. The molecule has 0 radical (unpaired) electrons. The first-order chi connectivity index (χ1) is 6.66. The number of aromatic nitrogens is 4. The molecule has 0 fully saturated rings. The van der Waals surface area contributed by atoms with Gasteiger partial charge in [-0.15, -0.1) is 0 Å². The van der Waals surface area contributed by atoms with Crippen LogP contribution in [0.3, 0.4) is 0 Å². The number of hydrogen-bond donors (Lipinski definition) is 1. The molecule has 0 atom stereocenters. The van der Waals surface area contributed by atoms with Gasteiger partial charge in [0.1, 0.15) is 12.1 Å². The molecule has 0 aromatic carbocycles. The third-order valence-electron chi connectivity index (χ3n) is 1.86. The van der Waals surface area contributed by atoms with E-state index in [1.165, 1.54) is 6.33 Å². The van der Waals surface area contributed by atoms with Gasteiger partial charge in [0.05, 0.1) is 5.39 Å². The van der Waals surface area contributed by atoms with Crippen LogP contribution in [0.2, 0.25) is 0 Å². The number of nitrogens with one attached hydrogen (secondary N) is 1. The Kier molecular flexibility index (Phi) is 2.07. The predicted octanol–water partition coefficient (Wildman–Crippen LogP) is 1.18. The molecule has 0 saturated carbocycles. The van der Waals surface area contributed by atoms with Gasteiger partial charge in [0.2, 0.25) is 0 Å². The molecule has 2 rings (SSSR count). The summed E-state index contributed by atoms with van der Waals surface area (Å²) in [6, 6.07) is 0.355. The van der Waals surface area contributed by atoms with Gasteiger partial charge in [-0.1, -0.05) is 0 Å². The van der Waals surface area contributed by atoms with Crippen LogP contribution in [0.15, 0.2) is 12.5 Å². The van der Waals surface area contributed by atoms with Gasteiger partial charge in [0.15, 0.2) is 5.65 Å². The summed E-state index contributed by atoms with van der Waals surface area (Å²) in [6.45, 7) is 4.15. The van der Waals surface area contributed by atoms with Gasteiger partial charge < -0.3 is 5.32 Å². The average molecular weight is 191 g/mol. The fourth-order valence-electron chi connectivity index (χ4n) is 1.34. The van der Waals surface area contributed by atoms with E-state index in [2.05, 4.69) is 34.2 Å². The highest BCUT2D eigenvalue weighted by molar-refractivity contribution is 5.85. The van der Waals surface area contributed by atoms with Gasteiger partial charge in [-0.3, -0.25) is 4.68 Å². The summed E-state index contributed by atoms with van der Waals surface area (Å²) in [6.07, 6.45) is 3.44. The van der Waals surface area contributed by atoms with E-state index in [1.54, 1.807) is 4.68 Å². The highest BCUT2D eigenvalue weighted by atomic mass is 15.3. The van der Waals surface area contributed by atoms with Crippen LogP contribution in [0.25, 0.3) is 11.0 Å². The topological polar surface area (TPSA) is 55.6 Å². The lowest BCUT2D eigenvalue weighted by Crippen LogP contribution is -2.11. The summed E-state index contributed by atoms with van der Waals surface area (Å²) in [7, 11) is 1.88. The zero-order valence-corrected chi connectivity index (χ0v) is 8.52. The molecule has 0 unspecified atom stereocenters. The molecular weight excluding hydrogens is 178 g/mol. The third-order valence-corrected chi connectivity index (χ3v) is 1.86. The molecule has 0 saturated heterocycles. The van der Waals surface area contributed by atoms with Crippen LogP contribution >= 0.6 is 0 Å². The highest BCUT2D eigenvalue weighted by Gasteiger charge is 2.07. The van der Waals surface area contributed by atoms with Crippen LogP contribution < -0.4 is 5.32 Å². The number of aryl methyl sites for hydroxylation is 1. The van der Waals surface area contributed by atoms with E-state index in [0.717, 1.165) is 16.9 Å². The van der Waals surface area contributed by atoms with E-state index >= 15 is 0 Å². The summed E-state index contributed by atoms with van der Waals surface area (Å²) in [5, 5.41) is 8.43. The van der Waals surface area contributed by atoms with Crippen LogP contribution in [0.4, 0.5) is 5.82 Å². The molecule has 0 bridgehead atoms. The van der Waals surface area contributed by atoms with Crippen molar-refractivity contribution in [3.8, 4) is 0 Å². The molecule has 0 aliphatic rings. The lowest BCUT2D eigenvalue weighted by molar-refractivity contribution is 0.775. The minimum atomic E-state index is 0.355. The van der Waals surface area contributed by atoms with Crippen molar-refractivity contribution >= 4 is 16.9 Å². The molecule has 2 aromatic rings. The fourth-order valence-corrected chi connectivity index (χ4v) is 1.34. The van der Waals surface area contributed by atoms with Gasteiger partial charge in [0, 0.05) is 19.3 Å². The Hall–Kier alpha value is -1.65. The molecular formula is C9H13N5. The van der Waals surface area contributed by atoms with Crippen LogP contribution in [0.5, 0.6) is 0 Å². The van der Waals surface area contributed by atoms with Crippen molar-refractivity contribution in [2.24, 2.45) is 7.05 Å². The molecule has 14 heavy (non-hydrogen) atoms. The van der Waals surface area contributed by atoms with E-state index in [4.69, 9.17) is 0 Å². The second-order valence-corrected chi connectivity index (χ2v) is 3.56. The van der Waals surface area contributed by atoms with E-state index < -0.39 is 0 Å². The quantitative estimate of drug-likeness (QED) is 0.774. The molecule has 0 aliphatic carbocycles. The predicted molar refractivity (Wildman–Crippen MR) is 55.1 cm³/mol. The second-order valence-electron chi connectivity index (χ2n) is 3.56. The molecule has 2 aromatic heterocycles. The van der Waals surface area contributed by atoms with E-state index in [9.17, 15) is 0 Å². The first kappa shape index (κ1) is 8.93.